The molecule has 1 aliphatic carbocycles. The van der Waals surface area contributed by atoms with Gasteiger partial charge in [-0.3, -0.25) is 0 Å². The molecular weight excluding hydrogens is 110 g/mol. The molecule has 1 heteroatoms. The second-order valence-corrected chi connectivity index (χ2v) is 3.28. The SMILES string of the molecule is CCC1(C)NC2CC=C21. The standard InChI is InChI=1S/C8H13N/c1-3-8(2)6-4-5-7(6)9-8/h4,7,9H,3,5H2,1-2H3. The molecular formula is C8H13N. The maximum atomic E-state index is 3.54. The van der Waals surface area contributed by atoms with Crippen LogP contribution in [-0.2, 0) is 0 Å². The van der Waals surface area contributed by atoms with Gasteiger partial charge in [0, 0.05) is 11.6 Å². The van der Waals surface area contributed by atoms with Crippen molar-refractivity contribution in [1.82, 2.24) is 5.32 Å². The van der Waals surface area contributed by atoms with E-state index >= 15 is 0 Å². The molecule has 1 aliphatic heterocycles. The van der Waals surface area contributed by atoms with E-state index in [2.05, 4.69) is 25.2 Å². The summed E-state index contributed by atoms with van der Waals surface area (Å²) >= 11 is 0. The Morgan fingerprint density at radius 2 is 2.67 bits per heavy atom. The molecule has 2 aliphatic rings. The van der Waals surface area contributed by atoms with Gasteiger partial charge < -0.3 is 5.32 Å². The van der Waals surface area contributed by atoms with Crippen molar-refractivity contribution in [1.29, 1.82) is 0 Å². The smallest absolute Gasteiger partial charge is 0.0383 e. The van der Waals surface area contributed by atoms with E-state index in [1.165, 1.54) is 12.8 Å². The van der Waals surface area contributed by atoms with E-state index in [9.17, 15) is 0 Å². The van der Waals surface area contributed by atoms with Gasteiger partial charge in [0.1, 0.15) is 0 Å². The molecule has 1 N–H and O–H groups in total. The van der Waals surface area contributed by atoms with Gasteiger partial charge in [-0.2, -0.15) is 0 Å². The predicted octanol–water partition coefficient (Wildman–Crippen LogP) is 1.46. The van der Waals surface area contributed by atoms with Crippen LogP contribution in [-0.4, -0.2) is 11.6 Å². The van der Waals surface area contributed by atoms with Crippen LogP contribution in [0, 0.1) is 0 Å². The zero-order chi connectivity index (χ0) is 6.48. The van der Waals surface area contributed by atoms with Crippen LogP contribution >= 0.6 is 0 Å². The van der Waals surface area contributed by atoms with Gasteiger partial charge in [-0.05, 0) is 25.3 Å². The van der Waals surface area contributed by atoms with Crippen molar-refractivity contribution in [3.05, 3.63) is 11.6 Å². The van der Waals surface area contributed by atoms with Gasteiger partial charge in [-0.25, -0.2) is 0 Å². The van der Waals surface area contributed by atoms with Crippen molar-refractivity contribution in [2.45, 2.75) is 38.3 Å². The molecule has 0 spiro atoms. The van der Waals surface area contributed by atoms with Gasteiger partial charge in [-0.15, -0.1) is 0 Å². The molecule has 0 bridgehead atoms. The van der Waals surface area contributed by atoms with Gasteiger partial charge in [0.25, 0.3) is 0 Å². The van der Waals surface area contributed by atoms with Crippen molar-refractivity contribution in [2.24, 2.45) is 0 Å². The van der Waals surface area contributed by atoms with E-state index in [1.807, 2.05) is 0 Å². The van der Waals surface area contributed by atoms with Crippen molar-refractivity contribution in [3.63, 3.8) is 0 Å². The maximum absolute atomic E-state index is 3.54. The fraction of sp³-hybridized carbons (Fsp3) is 0.750. The van der Waals surface area contributed by atoms with E-state index < -0.39 is 0 Å². The molecule has 2 unspecified atom stereocenters. The number of nitrogens with one attached hydrogen (secondary N) is 1. The molecule has 50 valence electrons. The quantitative estimate of drug-likeness (QED) is 0.520. The summed E-state index contributed by atoms with van der Waals surface area (Å²) < 4.78 is 0. The average Bonchev–Trinajstić information content (AvgIpc) is 1.82. The highest BCUT2D eigenvalue weighted by molar-refractivity contribution is 5.41. The first-order valence-electron chi connectivity index (χ1n) is 3.74. The molecule has 1 fully saturated rings. The van der Waals surface area contributed by atoms with E-state index in [0.717, 1.165) is 6.04 Å². The summed E-state index contributed by atoms with van der Waals surface area (Å²) in [7, 11) is 0. The van der Waals surface area contributed by atoms with Crippen LogP contribution in [0.15, 0.2) is 11.6 Å². The summed E-state index contributed by atoms with van der Waals surface area (Å²) in [6.45, 7) is 4.52. The zero-order valence-corrected chi connectivity index (χ0v) is 6.07. The third-order valence-electron chi connectivity index (χ3n) is 2.79. The lowest BCUT2D eigenvalue weighted by Gasteiger charge is -2.54. The molecule has 0 aromatic heterocycles. The summed E-state index contributed by atoms with van der Waals surface area (Å²) in [4.78, 5) is 0. The minimum atomic E-state index is 0.392. The highest BCUT2D eigenvalue weighted by Gasteiger charge is 2.46. The second-order valence-electron chi connectivity index (χ2n) is 3.28. The predicted molar refractivity (Wildman–Crippen MR) is 38.3 cm³/mol. The van der Waals surface area contributed by atoms with Crippen LogP contribution in [0.3, 0.4) is 0 Å². The van der Waals surface area contributed by atoms with E-state index in [1.54, 1.807) is 5.57 Å². The fourth-order valence-corrected chi connectivity index (χ4v) is 1.80. The normalized spacial score (nSPS) is 46.4. The van der Waals surface area contributed by atoms with Gasteiger partial charge in [0.15, 0.2) is 0 Å². The molecule has 1 nitrogen and oxygen atoms in total. The van der Waals surface area contributed by atoms with Crippen molar-refractivity contribution in [2.75, 3.05) is 0 Å². The van der Waals surface area contributed by atoms with E-state index in [4.69, 9.17) is 0 Å². The van der Waals surface area contributed by atoms with Gasteiger partial charge >= 0.3 is 0 Å². The Labute approximate surface area is 56.1 Å². The third kappa shape index (κ3) is 0.485. The number of hydrogen-bond donors (Lipinski definition) is 1. The Balaban J connectivity index is 2.18. The number of fused-ring (bicyclic) bond motifs is 1. The zero-order valence-electron chi connectivity index (χ0n) is 6.07. The fourth-order valence-electron chi connectivity index (χ4n) is 1.80. The Kier molecular flexibility index (Phi) is 0.854. The monoisotopic (exact) mass is 123 g/mol. The second kappa shape index (κ2) is 1.40. The first-order chi connectivity index (χ1) is 4.26. The summed E-state index contributed by atoms with van der Waals surface area (Å²) in [5, 5.41) is 3.54. The summed E-state index contributed by atoms with van der Waals surface area (Å²) in [5.74, 6) is 0. The Bertz CT molecular complexity index is 171. The molecule has 0 amide bonds. The van der Waals surface area contributed by atoms with Crippen LogP contribution in [0.4, 0.5) is 0 Å². The van der Waals surface area contributed by atoms with Crippen molar-refractivity contribution >= 4 is 0 Å². The summed E-state index contributed by atoms with van der Waals surface area (Å²) in [5.41, 5.74) is 2.05. The lowest BCUT2D eigenvalue weighted by molar-refractivity contribution is 0.225. The molecule has 0 aromatic carbocycles. The lowest BCUT2D eigenvalue weighted by Crippen LogP contribution is -2.66. The van der Waals surface area contributed by atoms with Crippen molar-refractivity contribution in [3.8, 4) is 0 Å². The molecule has 0 aromatic rings. The molecule has 9 heavy (non-hydrogen) atoms. The van der Waals surface area contributed by atoms with E-state index in [-0.39, 0.29) is 0 Å². The van der Waals surface area contributed by atoms with Crippen LogP contribution in [0.1, 0.15) is 26.7 Å². The van der Waals surface area contributed by atoms with E-state index in [0.29, 0.717) is 5.54 Å². The first-order valence-corrected chi connectivity index (χ1v) is 3.74. The molecule has 0 saturated carbocycles. The molecule has 1 saturated heterocycles. The highest BCUT2D eigenvalue weighted by Crippen LogP contribution is 2.41. The Morgan fingerprint density at radius 3 is 2.78 bits per heavy atom. The van der Waals surface area contributed by atoms with Crippen molar-refractivity contribution < 1.29 is 0 Å². The Hall–Kier alpha value is -0.300. The van der Waals surface area contributed by atoms with Gasteiger partial charge in [-0.1, -0.05) is 13.0 Å². The largest absolute Gasteiger partial charge is 0.301 e. The summed E-state index contributed by atoms with van der Waals surface area (Å²) in [6, 6.07) is 0.773. The Morgan fingerprint density at radius 1 is 1.89 bits per heavy atom. The van der Waals surface area contributed by atoms with Crippen LogP contribution in [0.5, 0.6) is 0 Å². The molecule has 0 radical (unpaired) electrons. The van der Waals surface area contributed by atoms with Crippen LogP contribution < -0.4 is 5.32 Å². The van der Waals surface area contributed by atoms with Gasteiger partial charge in [0.2, 0.25) is 0 Å². The lowest BCUT2D eigenvalue weighted by atomic mass is 9.68. The number of hydrogen-bond acceptors (Lipinski definition) is 1. The molecule has 2 rings (SSSR count). The van der Waals surface area contributed by atoms with Crippen LogP contribution in [0.2, 0.25) is 0 Å². The highest BCUT2D eigenvalue weighted by atomic mass is 15.1. The number of rotatable bonds is 1. The summed E-state index contributed by atoms with van der Waals surface area (Å²) in [6.07, 6.45) is 4.87. The molecule has 1 heterocycles. The topological polar surface area (TPSA) is 12.0 Å². The first kappa shape index (κ1) is 5.48. The minimum Gasteiger partial charge on any atom is -0.301 e. The minimum absolute atomic E-state index is 0.392. The van der Waals surface area contributed by atoms with Crippen LogP contribution in [0.25, 0.3) is 0 Å². The third-order valence-corrected chi connectivity index (χ3v) is 2.79. The average molecular weight is 123 g/mol. The van der Waals surface area contributed by atoms with Gasteiger partial charge in [0.05, 0.1) is 0 Å². The molecule has 2 atom stereocenters. The maximum Gasteiger partial charge on any atom is 0.0383 e.